The van der Waals surface area contributed by atoms with Gasteiger partial charge in [0.25, 0.3) is 0 Å². The maximum Gasteiger partial charge on any atom is 0.319 e. The minimum absolute atomic E-state index is 0.102. The van der Waals surface area contributed by atoms with Crippen molar-refractivity contribution in [2.45, 2.75) is 51.0 Å². The molecule has 2 amide bonds. The number of nitrogens with one attached hydrogen (secondary N) is 2. The SMILES string of the molecule is CCc1cc(NC(=O)NCCN2CCC(N(CC)S(=O)(=O)c3ccc(F)cc3)CC2)cc(C)n1. The standard InChI is InChI=1S/C24H34FN5O3S/c1-4-20-17-21(16-18(3)27-20)28-24(31)26-12-15-29-13-10-22(11-14-29)30(5-2)34(32,33)23-8-6-19(25)7-9-23/h6-9,16-17,22H,4-5,10-15H2,1-3H3,(H2,26,27,28,31). The van der Waals surface area contributed by atoms with Crippen LogP contribution in [0.25, 0.3) is 0 Å². The molecule has 0 spiro atoms. The molecule has 0 atom stereocenters. The molecule has 0 radical (unpaired) electrons. The third kappa shape index (κ3) is 6.74. The van der Waals surface area contributed by atoms with E-state index in [9.17, 15) is 17.6 Å². The molecular weight excluding hydrogens is 457 g/mol. The first kappa shape index (κ1) is 26.1. The Hall–Kier alpha value is -2.56. The van der Waals surface area contributed by atoms with E-state index in [0.717, 1.165) is 36.6 Å². The number of aromatic nitrogens is 1. The molecule has 34 heavy (non-hydrogen) atoms. The predicted octanol–water partition coefficient (Wildman–Crippen LogP) is 3.39. The van der Waals surface area contributed by atoms with Gasteiger partial charge in [-0.25, -0.2) is 17.6 Å². The summed E-state index contributed by atoms with van der Waals surface area (Å²) < 4.78 is 40.8. The zero-order valence-electron chi connectivity index (χ0n) is 20.1. The van der Waals surface area contributed by atoms with E-state index in [4.69, 9.17) is 0 Å². The van der Waals surface area contributed by atoms with E-state index in [1.165, 1.54) is 28.6 Å². The minimum atomic E-state index is -3.67. The zero-order chi connectivity index (χ0) is 24.7. The third-order valence-corrected chi connectivity index (χ3v) is 8.08. The van der Waals surface area contributed by atoms with Crippen LogP contribution in [0.1, 0.15) is 38.1 Å². The van der Waals surface area contributed by atoms with Crippen molar-refractivity contribution in [3.05, 3.63) is 53.6 Å². The van der Waals surface area contributed by atoms with Crippen LogP contribution in [0.3, 0.4) is 0 Å². The highest BCUT2D eigenvalue weighted by Gasteiger charge is 2.32. The van der Waals surface area contributed by atoms with Gasteiger partial charge in [-0.15, -0.1) is 0 Å². The number of amides is 2. The lowest BCUT2D eigenvalue weighted by Gasteiger charge is -2.37. The van der Waals surface area contributed by atoms with Crippen molar-refractivity contribution in [3.63, 3.8) is 0 Å². The van der Waals surface area contributed by atoms with Crippen molar-refractivity contribution in [2.24, 2.45) is 0 Å². The maximum absolute atomic E-state index is 13.2. The second-order valence-corrected chi connectivity index (χ2v) is 10.3. The highest BCUT2D eigenvalue weighted by molar-refractivity contribution is 7.89. The molecule has 2 N–H and O–H groups in total. The quantitative estimate of drug-likeness (QED) is 0.561. The normalized spacial score (nSPS) is 15.4. The highest BCUT2D eigenvalue weighted by Crippen LogP contribution is 2.24. The number of halogens is 1. The van der Waals surface area contributed by atoms with Gasteiger partial charge < -0.3 is 15.5 Å². The Morgan fingerprint density at radius 3 is 2.47 bits per heavy atom. The maximum atomic E-state index is 13.2. The fourth-order valence-electron chi connectivity index (χ4n) is 4.29. The number of sulfonamides is 1. The fourth-order valence-corrected chi connectivity index (χ4v) is 5.98. The number of hydrogen-bond acceptors (Lipinski definition) is 5. The second kappa shape index (κ2) is 11.7. The van der Waals surface area contributed by atoms with E-state index in [1.807, 2.05) is 32.9 Å². The summed E-state index contributed by atoms with van der Waals surface area (Å²) in [5.74, 6) is -0.459. The Balaban J connectivity index is 1.46. The van der Waals surface area contributed by atoms with Gasteiger partial charge in [-0.2, -0.15) is 4.31 Å². The fraction of sp³-hybridized carbons (Fsp3) is 0.500. The average Bonchev–Trinajstić information content (AvgIpc) is 2.80. The van der Waals surface area contributed by atoms with Crippen LogP contribution in [0.15, 0.2) is 41.3 Å². The lowest BCUT2D eigenvalue weighted by Crippen LogP contribution is -2.48. The van der Waals surface area contributed by atoms with Gasteiger partial charge in [-0.05, 0) is 75.7 Å². The number of carbonyl (C=O) groups excluding carboxylic acids is 1. The Bertz CT molecular complexity index is 1070. The number of pyridine rings is 1. The number of likely N-dealkylation sites (tertiary alicyclic amines) is 1. The molecule has 3 rings (SSSR count). The Morgan fingerprint density at radius 1 is 1.18 bits per heavy atom. The van der Waals surface area contributed by atoms with Crippen LogP contribution in [0, 0.1) is 12.7 Å². The van der Waals surface area contributed by atoms with Crippen molar-refractivity contribution < 1.29 is 17.6 Å². The number of piperidine rings is 1. The van der Waals surface area contributed by atoms with Crippen LogP contribution in [0.2, 0.25) is 0 Å². The summed E-state index contributed by atoms with van der Waals surface area (Å²) in [4.78, 5) is 19.0. The monoisotopic (exact) mass is 491 g/mol. The van der Waals surface area contributed by atoms with Crippen molar-refractivity contribution >= 4 is 21.7 Å². The zero-order valence-corrected chi connectivity index (χ0v) is 20.9. The number of hydrogen-bond donors (Lipinski definition) is 2. The molecule has 186 valence electrons. The average molecular weight is 492 g/mol. The smallest absolute Gasteiger partial charge is 0.319 e. The lowest BCUT2D eigenvalue weighted by atomic mass is 10.1. The first-order valence-corrected chi connectivity index (χ1v) is 13.2. The van der Waals surface area contributed by atoms with Crippen LogP contribution in [-0.2, 0) is 16.4 Å². The van der Waals surface area contributed by atoms with Gasteiger partial charge in [-0.1, -0.05) is 13.8 Å². The molecule has 0 bridgehead atoms. The lowest BCUT2D eigenvalue weighted by molar-refractivity contribution is 0.162. The summed E-state index contributed by atoms with van der Waals surface area (Å²) in [5, 5.41) is 5.74. The van der Waals surface area contributed by atoms with Crippen LogP contribution >= 0.6 is 0 Å². The third-order valence-electron chi connectivity index (χ3n) is 6.04. The summed E-state index contributed by atoms with van der Waals surface area (Å²) in [6, 6.07) is 8.32. The van der Waals surface area contributed by atoms with Crippen molar-refractivity contribution in [3.8, 4) is 0 Å². The van der Waals surface area contributed by atoms with Gasteiger partial charge in [0.1, 0.15) is 5.82 Å². The number of benzene rings is 1. The van der Waals surface area contributed by atoms with E-state index in [1.54, 1.807) is 0 Å². The van der Waals surface area contributed by atoms with Gasteiger partial charge in [0.15, 0.2) is 0 Å². The van der Waals surface area contributed by atoms with Gasteiger partial charge in [-0.3, -0.25) is 4.98 Å². The highest BCUT2D eigenvalue weighted by atomic mass is 32.2. The van der Waals surface area contributed by atoms with Crippen molar-refractivity contribution in [2.75, 3.05) is 38.0 Å². The number of anilines is 1. The molecule has 2 heterocycles. The Labute approximate surface area is 201 Å². The van der Waals surface area contributed by atoms with Gasteiger partial charge >= 0.3 is 6.03 Å². The van der Waals surface area contributed by atoms with Crippen LogP contribution in [0.5, 0.6) is 0 Å². The molecule has 1 aliphatic rings. The van der Waals surface area contributed by atoms with Crippen molar-refractivity contribution in [1.29, 1.82) is 0 Å². The van der Waals surface area contributed by atoms with E-state index in [2.05, 4.69) is 20.5 Å². The van der Waals surface area contributed by atoms with E-state index < -0.39 is 15.8 Å². The Kier molecular flexibility index (Phi) is 8.98. The van der Waals surface area contributed by atoms with Crippen LogP contribution < -0.4 is 10.6 Å². The van der Waals surface area contributed by atoms with Crippen LogP contribution in [0.4, 0.5) is 14.9 Å². The summed E-state index contributed by atoms with van der Waals surface area (Å²) in [5.41, 5.74) is 2.52. The molecule has 1 aliphatic heterocycles. The number of aryl methyl sites for hydroxylation is 2. The molecule has 8 nitrogen and oxygen atoms in total. The predicted molar refractivity (Wildman–Crippen MR) is 131 cm³/mol. The van der Waals surface area contributed by atoms with Gasteiger partial charge in [0.2, 0.25) is 10.0 Å². The van der Waals surface area contributed by atoms with Crippen LogP contribution in [-0.4, -0.2) is 67.4 Å². The van der Waals surface area contributed by atoms with E-state index >= 15 is 0 Å². The number of urea groups is 1. The molecule has 10 heteroatoms. The molecular formula is C24H34FN5O3S. The molecule has 1 aromatic carbocycles. The first-order chi connectivity index (χ1) is 16.2. The van der Waals surface area contributed by atoms with Crippen molar-refractivity contribution in [1.82, 2.24) is 19.5 Å². The second-order valence-electron chi connectivity index (χ2n) is 8.46. The molecule has 2 aromatic rings. The molecule has 1 fully saturated rings. The molecule has 1 saturated heterocycles. The summed E-state index contributed by atoms with van der Waals surface area (Å²) >= 11 is 0. The summed E-state index contributed by atoms with van der Waals surface area (Å²) in [7, 11) is -3.67. The minimum Gasteiger partial charge on any atom is -0.337 e. The molecule has 0 unspecified atom stereocenters. The largest absolute Gasteiger partial charge is 0.337 e. The number of rotatable bonds is 9. The van der Waals surface area contributed by atoms with E-state index in [-0.39, 0.29) is 17.0 Å². The molecule has 0 aliphatic carbocycles. The van der Waals surface area contributed by atoms with E-state index in [0.29, 0.717) is 32.5 Å². The first-order valence-electron chi connectivity index (χ1n) is 11.7. The van der Waals surface area contributed by atoms with Gasteiger partial charge in [0.05, 0.1) is 4.90 Å². The summed E-state index contributed by atoms with van der Waals surface area (Å²) in [6.45, 7) is 8.77. The van der Waals surface area contributed by atoms with Gasteiger partial charge in [0, 0.05) is 42.8 Å². The topological polar surface area (TPSA) is 94.6 Å². The molecule has 0 saturated carbocycles. The Morgan fingerprint density at radius 2 is 1.85 bits per heavy atom. The number of nitrogens with zero attached hydrogens (tertiary/aromatic N) is 3. The number of carbonyl (C=O) groups is 1. The summed E-state index contributed by atoms with van der Waals surface area (Å²) in [6.07, 6.45) is 2.21. The molecule has 1 aromatic heterocycles.